The Morgan fingerprint density at radius 2 is 2.47 bits per heavy atom. The monoisotopic (exact) mass is 229 g/mol. The molecule has 1 aliphatic rings. The van der Waals surface area contributed by atoms with Gasteiger partial charge in [-0.3, -0.25) is 0 Å². The molecule has 0 radical (unpaired) electrons. The number of rotatable bonds is 2. The summed E-state index contributed by atoms with van der Waals surface area (Å²) in [6.45, 7) is 4.44. The molecule has 0 spiro atoms. The standard InChI is InChI=1S/C14H19N3/c1-11-4-6-17-13(7-11)10-16-14(17)8-12-3-2-5-15-9-12/h4,6-7,10,12,15H,2-3,5,8-9H2,1H3. The molecule has 1 fully saturated rings. The van der Waals surface area contributed by atoms with Crippen molar-refractivity contribution < 1.29 is 0 Å². The molecule has 0 saturated carbocycles. The SMILES string of the molecule is Cc1ccn2c(CC3CCCNC3)ncc2c1. The van der Waals surface area contributed by atoms with Crippen LogP contribution in [0.3, 0.4) is 0 Å². The van der Waals surface area contributed by atoms with Gasteiger partial charge in [-0.2, -0.15) is 0 Å². The summed E-state index contributed by atoms with van der Waals surface area (Å²) in [5, 5.41) is 3.47. The molecule has 90 valence electrons. The quantitative estimate of drug-likeness (QED) is 0.855. The van der Waals surface area contributed by atoms with Crippen molar-refractivity contribution in [2.75, 3.05) is 13.1 Å². The lowest BCUT2D eigenvalue weighted by atomic mass is 9.96. The molecule has 2 aromatic heterocycles. The zero-order valence-electron chi connectivity index (χ0n) is 10.3. The molecule has 1 unspecified atom stereocenters. The number of piperidine rings is 1. The molecular formula is C14H19N3. The van der Waals surface area contributed by atoms with Crippen LogP contribution in [-0.4, -0.2) is 22.5 Å². The number of aryl methyl sites for hydroxylation is 1. The van der Waals surface area contributed by atoms with E-state index in [0.29, 0.717) is 0 Å². The Labute approximate surface area is 102 Å². The Hall–Kier alpha value is -1.35. The van der Waals surface area contributed by atoms with E-state index in [1.807, 2.05) is 6.20 Å². The molecule has 3 heterocycles. The first-order valence-corrected chi connectivity index (χ1v) is 6.46. The van der Waals surface area contributed by atoms with Crippen LogP contribution in [0, 0.1) is 12.8 Å². The molecule has 0 aliphatic carbocycles. The molecule has 1 N–H and O–H groups in total. The Morgan fingerprint density at radius 1 is 1.53 bits per heavy atom. The number of hydrogen-bond acceptors (Lipinski definition) is 2. The van der Waals surface area contributed by atoms with Crippen molar-refractivity contribution in [1.29, 1.82) is 0 Å². The zero-order chi connectivity index (χ0) is 11.7. The third-order valence-corrected chi connectivity index (χ3v) is 3.63. The fourth-order valence-electron chi connectivity index (χ4n) is 2.67. The van der Waals surface area contributed by atoms with E-state index in [1.54, 1.807) is 0 Å². The van der Waals surface area contributed by atoms with Crippen LogP contribution < -0.4 is 5.32 Å². The molecule has 1 aliphatic heterocycles. The largest absolute Gasteiger partial charge is 0.316 e. The third-order valence-electron chi connectivity index (χ3n) is 3.63. The van der Waals surface area contributed by atoms with Crippen molar-refractivity contribution in [3.63, 3.8) is 0 Å². The Balaban J connectivity index is 1.84. The number of imidazole rings is 1. The minimum Gasteiger partial charge on any atom is -0.316 e. The van der Waals surface area contributed by atoms with Gasteiger partial charge < -0.3 is 9.72 Å². The predicted octanol–water partition coefficient (Wildman–Crippen LogP) is 2.18. The number of pyridine rings is 1. The van der Waals surface area contributed by atoms with E-state index < -0.39 is 0 Å². The Morgan fingerprint density at radius 3 is 3.29 bits per heavy atom. The Bertz CT molecular complexity index is 509. The molecule has 1 saturated heterocycles. The van der Waals surface area contributed by atoms with E-state index in [0.717, 1.165) is 18.9 Å². The van der Waals surface area contributed by atoms with Crippen LogP contribution >= 0.6 is 0 Å². The van der Waals surface area contributed by atoms with E-state index in [9.17, 15) is 0 Å². The van der Waals surface area contributed by atoms with Crippen molar-refractivity contribution in [3.8, 4) is 0 Å². The topological polar surface area (TPSA) is 29.3 Å². The van der Waals surface area contributed by atoms with Gasteiger partial charge in [0.2, 0.25) is 0 Å². The van der Waals surface area contributed by atoms with Crippen molar-refractivity contribution in [1.82, 2.24) is 14.7 Å². The van der Waals surface area contributed by atoms with Crippen LogP contribution in [0.5, 0.6) is 0 Å². The second-order valence-corrected chi connectivity index (χ2v) is 5.09. The highest BCUT2D eigenvalue weighted by Crippen LogP contribution is 2.17. The summed E-state index contributed by atoms with van der Waals surface area (Å²) in [6, 6.07) is 4.34. The lowest BCUT2D eigenvalue weighted by molar-refractivity contribution is 0.370. The van der Waals surface area contributed by atoms with Crippen LogP contribution in [0.25, 0.3) is 5.52 Å². The highest BCUT2D eigenvalue weighted by molar-refractivity contribution is 5.48. The Kier molecular flexibility index (Phi) is 2.85. The zero-order valence-corrected chi connectivity index (χ0v) is 10.3. The molecule has 0 aromatic carbocycles. The van der Waals surface area contributed by atoms with E-state index >= 15 is 0 Å². The summed E-state index contributed by atoms with van der Waals surface area (Å²) in [5.74, 6) is 1.95. The van der Waals surface area contributed by atoms with Crippen molar-refractivity contribution in [3.05, 3.63) is 35.9 Å². The van der Waals surface area contributed by atoms with Crippen LogP contribution in [0.1, 0.15) is 24.2 Å². The first kappa shape index (κ1) is 10.8. The van der Waals surface area contributed by atoms with E-state index in [-0.39, 0.29) is 0 Å². The van der Waals surface area contributed by atoms with Crippen LogP contribution in [0.4, 0.5) is 0 Å². The van der Waals surface area contributed by atoms with E-state index in [4.69, 9.17) is 0 Å². The van der Waals surface area contributed by atoms with Gasteiger partial charge in [0.25, 0.3) is 0 Å². The van der Waals surface area contributed by atoms with Gasteiger partial charge in [-0.25, -0.2) is 4.98 Å². The number of aromatic nitrogens is 2. The van der Waals surface area contributed by atoms with Crippen molar-refractivity contribution >= 4 is 5.52 Å². The number of hydrogen-bond donors (Lipinski definition) is 1. The molecule has 0 bridgehead atoms. The maximum atomic E-state index is 4.57. The van der Waals surface area contributed by atoms with Gasteiger partial charge in [0.05, 0.1) is 11.7 Å². The van der Waals surface area contributed by atoms with E-state index in [2.05, 4.69) is 40.0 Å². The highest BCUT2D eigenvalue weighted by atomic mass is 15.0. The predicted molar refractivity (Wildman–Crippen MR) is 69.2 cm³/mol. The molecule has 1 atom stereocenters. The van der Waals surface area contributed by atoms with Crippen LogP contribution in [0.2, 0.25) is 0 Å². The maximum absolute atomic E-state index is 4.57. The number of nitrogens with one attached hydrogen (secondary N) is 1. The summed E-state index contributed by atoms with van der Waals surface area (Å²) in [6.07, 6.45) is 7.84. The van der Waals surface area contributed by atoms with Gasteiger partial charge in [0.15, 0.2) is 0 Å². The van der Waals surface area contributed by atoms with Gasteiger partial charge >= 0.3 is 0 Å². The van der Waals surface area contributed by atoms with Gasteiger partial charge in [-0.1, -0.05) is 0 Å². The van der Waals surface area contributed by atoms with E-state index in [1.165, 1.54) is 36.3 Å². The second-order valence-electron chi connectivity index (χ2n) is 5.09. The number of nitrogens with zero attached hydrogens (tertiary/aromatic N) is 2. The molecular weight excluding hydrogens is 210 g/mol. The van der Waals surface area contributed by atoms with Crippen molar-refractivity contribution in [2.24, 2.45) is 5.92 Å². The minimum absolute atomic E-state index is 0.746. The fraction of sp³-hybridized carbons (Fsp3) is 0.500. The average molecular weight is 229 g/mol. The maximum Gasteiger partial charge on any atom is 0.113 e. The fourth-order valence-corrected chi connectivity index (χ4v) is 2.67. The summed E-state index contributed by atoms with van der Waals surface area (Å²) in [7, 11) is 0. The van der Waals surface area contributed by atoms with Crippen LogP contribution in [-0.2, 0) is 6.42 Å². The summed E-state index contributed by atoms with van der Waals surface area (Å²) >= 11 is 0. The molecule has 3 rings (SSSR count). The van der Waals surface area contributed by atoms with Gasteiger partial charge in [0, 0.05) is 12.6 Å². The summed E-state index contributed by atoms with van der Waals surface area (Å²) in [5.41, 5.74) is 2.51. The molecule has 2 aromatic rings. The summed E-state index contributed by atoms with van der Waals surface area (Å²) in [4.78, 5) is 4.57. The molecule has 3 nitrogen and oxygen atoms in total. The van der Waals surface area contributed by atoms with Crippen LogP contribution in [0.15, 0.2) is 24.5 Å². The first-order valence-electron chi connectivity index (χ1n) is 6.46. The van der Waals surface area contributed by atoms with Gasteiger partial charge in [-0.05, 0) is 56.5 Å². The lowest BCUT2D eigenvalue weighted by Crippen LogP contribution is -2.31. The molecule has 17 heavy (non-hydrogen) atoms. The first-order chi connectivity index (χ1) is 8.33. The third kappa shape index (κ3) is 2.20. The molecule has 0 amide bonds. The second kappa shape index (κ2) is 4.49. The lowest BCUT2D eigenvalue weighted by Gasteiger charge is -2.22. The molecule has 3 heteroatoms. The normalized spacial score (nSPS) is 20.9. The number of fused-ring (bicyclic) bond motifs is 1. The highest BCUT2D eigenvalue weighted by Gasteiger charge is 2.15. The summed E-state index contributed by atoms with van der Waals surface area (Å²) < 4.78 is 2.22. The minimum atomic E-state index is 0.746. The smallest absolute Gasteiger partial charge is 0.113 e. The van der Waals surface area contributed by atoms with Gasteiger partial charge in [-0.15, -0.1) is 0 Å². The van der Waals surface area contributed by atoms with Gasteiger partial charge in [0.1, 0.15) is 5.82 Å². The average Bonchev–Trinajstić information content (AvgIpc) is 2.73. The van der Waals surface area contributed by atoms with Crippen molar-refractivity contribution in [2.45, 2.75) is 26.2 Å².